The first kappa shape index (κ1) is 19.1. The van der Waals surface area contributed by atoms with Gasteiger partial charge < -0.3 is 9.47 Å². The summed E-state index contributed by atoms with van der Waals surface area (Å²) >= 11 is 0. The molecule has 0 amide bonds. The fourth-order valence-corrected chi connectivity index (χ4v) is 1.98. The lowest BCUT2D eigenvalue weighted by Gasteiger charge is -2.03. The third-order valence-corrected chi connectivity index (χ3v) is 3.50. The van der Waals surface area contributed by atoms with Crippen LogP contribution >= 0.6 is 0 Å². The number of pyridine rings is 2. The van der Waals surface area contributed by atoms with E-state index in [0.717, 1.165) is 11.1 Å². The second kappa shape index (κ2) is 8.71. The molecule has 0 atom stereocenters. The van der Waals surface area contributed by atoms with Crippen molar-refractivity contribution >= 4 is 11.9 Å². The van der Waals surface area contributed by atoms with E-state index < -0.39 is 11.9 Å². The van der Waals surface area contributed by atoms with Crippen LogP contribution in [-0.2, 0) is 32.5 Å². The largest absolute Gasteiger partial charge is 0.401 e. The average molecular weight is 354 g/mol. The Balaban J connectivity index is 1.96. The normalized spacial score (nSPS) is 10.1. The van der Waals surface area contributed by atoms with Crippen molar-refractivity contribution in [2.45, 2.75) is 27.3 Å². The first-order valence-electron chi connectivity index (χ1n) is 8.00. The standard InChI is InChI=1S/C20H22N2O4/c1-15(2)19(23)25-13-21-9-5-17(6-10-21)18-7-11-22(12-8-18)14-26-20(24)16(3)4/h5-12H,1,3,13-14H2,2,4H3/q+2. The van der Waals surface area contributed by atoms with Gasteiger partial charge in [-0.1, -0.05) is 13.2 Å². The summed E-state index contributed by atoms with van der Waals surface area (Å²) in [7, 11) is 0. The number of carbonyl (C=O) groups excluding carboxylic acids is 2. The maximum Gasteiger partial charge on any atom is 0.337 e. The van der Waals surface area contributed by atoms with E-state index in [0.29, 0.717) is 11.1 Å². The van der Waals surface area contributed by atoms with E-state index in [-0.39, 0.29) is 13.5 Å². The second-order valence-corrected chi connectivity index (χ2v) is 5.88. The Hall–Kier alpha value is -3.28. The van der Waals surface area contributed by atoms with E-state index in [2.05, 4.69) is 13.2 Å². The van der Waals surface area contributed by atoms with E-state index in [9.17, 15) is 9.59 Å². The van der Waals surface area contributed by atoms with Crippen LogP contribution in [0.15, 0.2) is 73.4 Å². The number of ether oxygens (including phenoxy) is 2. The molecule has 2 aromatic heterocycles. The summed E-state index contributed by atoms with van der Waals surface area (Å²) in [5, 5.41) is 0. The number of carbonyl (C=O) groups is 2. The lowest BCUT2D eigenvalue weighted by Crippen LogP contribution is -2.35. The number of aromatic nitrogens is 2. The molecule has 26 heavy (non-hydrogen) atoms. The van der Waals surface area contributed by atoms with Crippen LogP contribution in [-0.4, -0.2) is 11.9 Å². The monoisotopic (exact) mass is 354 g/mol. The Bertz CT molecular complexity index is 752. The highest BCUT2D eigenvalue weighted by Crippen LogP contribution is 2.15. The molecule has 2 heterocycles. The molecule has 2 aromatic rings. The maximum absolute atomic E-state index is 11.4. The minimum atomic E-state index is -0.415. The van der Waals surface area contributed by atoms with Crippen LogP contribution in [0.2, 0.25) is 0 Å². The van der Waals surface area contributed by atoms with Gasteiger partial charge in [0.05, 0.1) is 0 Å². The number of rotatable bonds is 7. The summed E-state index contributed by atoms with van der Waals surface area (Å²) in [5.41, 5.74) is 2.76. The maximum atomic E-state index is 11.4. The summed E-state index contributed by atoms with van der Waals surface area (Å²) in [6, 6.07) is 7.70. The second-order valence-electron chi connectivity index (χ2n) is 5.88. The molecule has 0 spiro atoms. The molecule has 0 unspecified atom stereocenters. The van der Waals surface area contributed by atoms with Crippen molar-refractivity contribution in [3.8, 4) is 11.1 Å². The van der Waals surface area contributed by atoms with Gasteiger partial charge in [0.2, 0.25) is 0 Å². The van der Waals surface area contributed by atoms with Crippen molar-refractivity contribution in [1.82, 2.24) is 0 Å². The van der Waals surface area contributed by atoms with Crippen LogP contribution in [0.1, 0.15) is 13.8 Å². The van der Waals surface area contributed by atoms with Crippen LogP contribution in [0.4, 0.5) is 0 Å². The molecule has 0 radical (unpaired) electrons. The quantitative estimate of drug-likeness (QED) is 0.434. The van der Waals surface area contributed by atoms with Gasteiger partial charge in [0.1, 0.15) is 0 Å². The van der Waals surface area contributed by atoms with Gasteiger partial charge >= 0.3 is 11.9 Å². The lowest BCUT2D eigenvalue weighted by molar-refractivity contribution is -0.727. The van der Waals surface area contributed by atoms with E-state index in [4.69, 9.17) is 9.47 Å². The summed E-state index contributed by atoms with van der Waals surface area (Å²) in [5.74, 6) is -0.830. The Morgan fingerprint density at radius 2 is 1.08 bits per heavy atom. The van der Waals surface area contributed by atoms with Crippen molar-refractivity contribution in [3.63, 3.8) is 0 Å². The fourth-order valence-electron chi connectivity index (χ4n) is 1.98. The minimum absolute atomic E-state index is 0.134. The van der Waals surface area contributed by atoms with Gasteiger partial charge in [-0.05, 0) is 25.0 Å². The molecule has 0 saturated heterocycles. The molecule has 2 rings (SSSR count). The van der Waals surface area contributed by atoms with Crippen LogP contribution in [0.25, 0.3) is 11.1 Å². The summed E-state index contributed by atoms with van der Waals surface area (Å²) in [6.45, 7) is 10.6. The third-order valence-electron chi connectivity index (χ3n) is 3.50. The summed E-state index contributed by atoms with van der Waals surface area (Å²) in [6.07, 6.45) is 7.32. The highest BCUT2D eigenvalue weighted by atomic mass is 16.5. The lowest BCUT2D eigenvalue weighted by atomic mass is 10.1. The zero-order chi connectivity index (χ0) is 19.1. The van der Waals surface area contributed by atoms with E-state index >= 15 is 0 Å². The van der Waals surface area contributed by atoms with Gasteiger partial charge in [-0.2, -0.15) is 9.13 Å². The molecule has 0 aliphatic heterocycles. The van der Waals surface area contributed by atoms with Gasteiger partial charge in [0.25, 0.3) is 13.5 Å². The smallest absolute Gasteiger partial charge is 0.337 e. The predicted octanol–water partition coefficient (Wildman–Crippen LogP) is 2.08. The third kappa shape index (κ3) is 5.37. The van der Waals surface area contributed by atoms with Gasteiger partial charge in [0, 0.05) is 35.4 Å². The van der Waals surface area contributed by atoms with Crippen molar-refractivity contribution in [1.29, 1.82) is 0 Å². The molecule has 0 aliphatic carbocycles. The Morgan fingerprint density at radius 1 is 0.769 bits per heavy atom. The number of hydrogen-bond acceptors (Lipinski definition) is 4. The first-order valence-corrected chi connectivity index (χ1v) is 8.00. The van der Waals surface area contributed by atoms with Crippen molar-refractivity contribution in [2.75, 3.05) is 0 Å². The van der Waals surface area contributed by atoms with Crippen LogP contribution in [0.5, 0.6) is 0 Å². The van der Waals surface area contributed by atoms with Crippen molar-refractivity contribution in [2.24, 2.45) is 0 Å². The van der Waals surface area contributed by atoms with E-state index in [1.54, 1.807) is 23.0 Å². The number of nitrogens with zero attached hydrogens (tertiary/aromatic N) is 2. The van der Waals surface area contributed by atoms with Crippen LogP contribution in [0.3, 0.4) is 0 Å². The molecule has 0 N–H and O–H groups in total. The van der Waals surface area contributed by atoms with E-state index in [1.165, 1.54) is 0 Å². The van der Waals surface area contributed by atoms with Crippen LogP contribution in [0, 0.1) is 0 Å². The SMILES string of the molecule is C=C(C)C(=O)OC[n+]1ccc(-c2cc[n+](COC(=O)C(=C)C)cc2)cc1. The summed E-state index contributed by atoms with van der Waals surface area (Å²) < 4.78 is 13.7. The average Bonchev–Trinajstić information content (AvgIpc) is 2.64. The fraction of sp³-hybridized carbons (Fsp3) is 0.200. The minimum Gasteiger partial charge on any atom is -0.401 e. The highest BCUT2D eigenvalue weighted by molar-refractivity contribution is 5.87. The number of hydrogen-bond donors (Lipinski definition) is 0. The molecule has 0 aromatic carbocycles. The molecular weight excluding hydrogens is 332 g/mol. The summed E-state index contributed by atoms with van der Waals surface area (Å²) in [4.78, 5) is 22.8. The molecule has 0 aliphatic rings. The van der Waals surface area contributed by atoms with Gasteiger partial charge in [0.15, 0.2) is 24.8 Å². The number of esters is 2. The molecular formula is C20H22N2O4+2. The van der Waals surface area contributed by atoms with E-state index in [1.807, 2.05) is 49.1 Å². The molecule has 0 saturated carbocycles. The Morgan fingerprint density at radius 3 is 1.35 bits per heavy atom. The van der Waals surface area contributed by atoms with Crippen molar-refractivity contribution < 1.29 is 28.2 Å². The van der Waals surface area contributed by atoms with Crippen LogP contribution < -0.4 is 9.13 Å². The van der Waals surface area contributed by atoms with Gasteiger partial charge in [-0.3, -0.25) is 0 Å². The zero-order valence-corrected chi connectivity index (χ0v) is 15.0. The Labute approximate surface area is 152 Å². The van der Waals surface area contributed by atoms with Gasteiger partial charge in [-0.25, -0.2) is 9.59 Å². The highest BCUT2D eigenvalue weighted by Gasteiger charge is 2.10. The Kier molecular flexibility index (Phi) is 6.38. The molecule has 6 heteroatoms. The topological polar surface area (TPSA) is 60.4 Å². The molecule has 0 fully saturated rings. The molecule has 0 bridgehead atoms. The molecule has 134 valence electrons. The predicted molar refractivity (Wildman–Crippen MR) is 94.1 cm³/mol. The van der Waals surface area contributed by atoms with Crippen molar-refractivity contribution in [3.05, 3.63) is 73.4 Å². The molecule has 6 nitrogen and oxygen atoms in total. The first-order chi connectivity index (χ1) is 12.4. The zero-order valence-electron chi connectivity index (χ0n) is 15.0. The van der Waals surface area contributed by atoms with Gasteiger partial charge in [-0.15, -0.1) is 0 Å².